The number of nitrogens with one attached hydrogen (secondary N) is 1. The van der Waals surface area contributed by atoms with E-state index in [0.29, 0.717) is 12.8 Å². The lowest BCUT2D eigenvalue weighted by molar-refractivity contribution is -0.139. The number of carbonyl (C=O) groups excluding carboxylic acids is 1. The molecule has 0 heterocycles. The summed E-state index contributed by atoms with van der Waals surface area (Å²) in [5.74, 6) is -2.47. The van der Waals surface area contributed by atoms with Crippen LogP contribution in [0.2, 0.25) is 0 Å². The van der Waals surface area contributed by atoms with Crippen molar-refractivity contribution in [3.05, 3.63) is 48.3 Å². The lowest BCUT2D eigenvalue weighted by Crippen LogP contribution is -2.41. The minimum Gasteiger partial charge on any atom is -0.480 e. The normalized spacial score (nSPS) is 11.7. The molecule has 1 atom stereocenters. The first-order valence-corrected chi connectivity index (χ1v) is 6.95. The van der Waals surface area contributed by atoms with Crippen molar-refractivity contribution in [2.24, 2.45) is 0 Å². The molecule has 0 bridgehead atoms. The molecule has 1 aromatic carbocycles. The van der Waals surface area contributed by atoms with Crippen molar-refractivity contribution >= 4 is 11.9 Å². The molecule has 0 aromatic heterocycles. The average molecular weight is 293 g/mol. The summed E-state index contributed by atoms with van der Waals surface area (Å²) < 4.78 is 13.5. The van der Waals surface area contributed by atoms with Crippen LogP contribution in [0.25, 0.3) is 0 Å². The predicted molar refractivity (Wildman–Crippen MR) is 78.6 cm³/mol. The molecule has 0 radical (unpaired) electrons. The molecular formula is C16H20FNO3. The summed E-state index contributed by atoms with van der Waals surface area (Å²) in [6, 6.07) is 4.50. The minimum atomic E-state index is -1.11. The number of unbranched alkanes of at least 4 members (excludes halogenated alkanes) is 3. The van der Waals surface area contributed by atoms with E-state index < -0.39 is 23.7 Å². The van der Waals surface area contributed by atoms with E-state index >= 15 is 0 Å². The van der Waals surface area contributed by atoms with E-state index in [2.05, 4.69) is 11.9 Å². The van der Waals surface area contributed by atoms with E-state index in [1.807, 2.05) is 6.08 Å². The van der Waals surface area contributed by atoms with Crippen LogP contribution in [0, 0.1) is 5.82 Å². The SMILES string of the molecule is C=CCCCCCC(NC(=O)c1ccccc1F)C(=O)O. The lowest BCUT2D eigenvalue weighted by atomic mass is 10.1. The predicted octanol–water partition coefficient (Wildman–Crippen LogP) is 3.15. The van der Waals surface area contributed by atoms with E-state index in [1.165, 1.54) is 24.3 Å². The van der Waals surface area contributed by atoms with Gasteiger partial charge >= 0.3 is 5.97 Å². The molecule has 21 heavy (non-hydrogen) atoms. The van der Waals surface area contributed by atoms with Gasteiger partial charge in [0, 0.05) is 0 Å². The molecule has 1 unspecified atom stereocenters. The van der Waals surface area contributed by atoms with E-state index in [1.54, 1.807) is 0 Å². The number of carbonyl (C=O) groups is 2. The monoisotopic (exact) mass is 293 g/mol. The third-order valence-electron chi connectivity index (χ3n) is 3.12. The summed E-state index contributed by atoms with van der Waals surface area (Å²) in [7, 11) is 0. The molecule has 114 valence electrons. The van der Waals surface area contributed by atoms with Gasteiger partial charge in [0.05, 0.1) is 5.56 Å². The summed E-state index contributed by atoms with van der Waals surface area (Å²) >= 11 is 0. The van der Waals surface area contributed by atoms with Crippen molar-refractivity contribution in [2.75, 3.05) is 0 Å². The van der Waals surface area contributed by atoms with Crippen LogP contribution in [0.15, 0.2) is 36.9 Å². The highest BCUT2D eigenvalue weighted by molar-refractivity contribution is 5.96. The maximum absolute atomic E-state index is 13.5. The number of hydrogen-bond donors (Lipinski definition) is 2. The fourth-order valence-corrected chi connectivity index (χ4v) is 1.95. The second kappa shape index (κ2) is 8.89. The van der Waals surface area contributed by atoms with Gasteiger partial charge in [-0.3, -0.25) is 4.79 Å². The molecule has 0 saturated heterocycles. The molecule has 4 nitrogen and oxygen atoms in total. The van der Waals surface area contributed by atoms with Gasteiger partial charge in [-0.25, -0.2) is 9.18 Å². The van der Waals surface area contributed by atoms with Crippen molar-refractivity contribution in [2.45, 2.75) is 38.1 Å². The number of carboxylic acid groups (broad SMARTS) is 1. The van der Waals surface area contributed by atoms with E-state index in [4.69, 9.17) is 5.11 Å². The molecule has 1 amide bonds. The van der Waals surface area contributed by atoms with E-state index in [0.717, 1.165) is 19.3 Å². The van der Waals surface area contributed by atoms with Crippen LogP contribution in [-0.2, 0) is 4.79 Å². The maximum atomic E-state index is 13.5. The largest absolute Gasteiger partial charge is 0.480 e. The standard InChI is InChI=1S/C16H20FNO3/c1-2-3-4-5-6-11-14(16(20)21)18-15(19)12-9-7-8-10-13(12)17/h2,7-10,14H,1,3-6,11H2,(H,18,19)(H,20,21). The highest BCUT2D eigenvalue weighted by Gasteiger charge is 2.21. The third-order valence-corrected chi connectivity index (χ3v) is 3.12. The van der Waals surface area contributed by atoms with E-state index in [9.17, 15) is 14.0 Å². The Morgan fingerprint density at radius 1 is 1.29 bits per heavy atom. The number of allylic oxidation sites excluding steroid dienone is 1. The molecule has 0 aliphatic heterocycles. The summed E-state index contributed by atoms with van der Waals surface area (Å²) in [5, 5.41) is 11.5. The van der Waals surface area contributed by atoms with Crippen LogP contribution in [0.4, 0.5) is 4.39 Å². The van der Waals surface area contributed by atoms with Gasteiger partial charge in [-0.15, -0.1) is 6.58 Å². The first-order chi connectivity index (χ1) is 10.1. The molecule has 0 spiro atoms. The number of rotatable bonds is 9. The number of halogens is 1. The highest BCUT2D eigenvalue weighted by Crippen LogP contribution is 2.10. The third kappa shape index (κ3) is 5.77. The molecule has 0 aliphatic rings. The minimum absolute atomic E-state index is 0.143. The molecule has 0 aliphatic carbocycles. The molecule has 0 fully saturated rings. The Kier molecular flexibility index (Phi) is 7.15. The van der Waals surface area contributed by atoms with Crippen molar-refractivity contribution in [1.29, 1.82) is 0 Å². The maximum Gasteiger partial charge on any atom is 0.326 e. The smallest absolute Gasteiger partial charge is 0.326 e. The van der Waals surface area contributed by atoms with Crippen LogP contribution in [0.5, 0.6) is 0 Å². The zero-order valence-corrected chi connectivity index (χ0v) is 11.8. The number of benzene rings is 1. The Morgan fingerprint density at radius 2 is 2.00 bits per heavy atom. The molecule has 1 rings (SSSR count). The Bertz CT molecular complexity index is 502. The van der Waals surface area contributed by atoms with Crippen molar-refractivity contribution < 1.29 is 19.1 Å². The van der Waals surface area contributed by atoms with Gasteiger partial charge in [-0.05, 0) is 31.4 Å². The molecule has 5 heteroatoms. The number of carboxylic acids is 1. The zero-order valence-electron chi connectivity index (χ0n) is 11.8. The van der Waals surface area contributed by atoms with Gasteiger partial charge in [0.2, 0.25) is 0 Å². The summed E-state index contributed by atoms with van der Waals surface area (Å²) in [5.41, 5.74) is -0.143. The van der Waals surface area contributed by atoms with Crippen LogP contribution >= 0.6 is 0 Å². The fourth-order valence-electron chi connectivity index (χ4n) is 1.95. The van der Waals surface area contributed by atoms with Crippen LogP contribution in [0.3, 0.4) is 0 Å². The second-order valence-corrected chi connectivity index (χ2v) is 4.77. The topological polar surface area (TPSA) is 66.4 Å². The van der Waals surface area contributed by atoms with Gasteiger partial charge in [0.25, 0.3) is 5.91 Å². The Hall–Kier alpha value is -2.17. The summed E-state index contributed by atoms with van der Waals surface area (Å²) in [4.78, 5) is 23.0. The first kappa shape index (κ1) is 16.9. The van der Waals surface area contributed by atoms with Gasteiger partial charge in [0.1, 0.15) is 11.9 Å². The highest BCUT2D eigenvalue weighted by atomic mass is 19.1. The average Bonchev–Trinajstić information content (AvgIpc) is 2.45. The zero-order chi connectivity index (χ0) is 15.7. The number of hydrogen-bond acceptors (Lipinski definition) is 2. The van der Waals surface area contributed by atoms with Crippen LogP contribution in [-0.4, -0.2) is 23.0 Å². The molecular weight excluding hydrogens is 273 g/mol. The van der Waals surface area contributed by atoms with Crippen molar-refractivity contribution in [3.63, 3.8) is 0 Å². The van der Waals surface area contributed by atoms with E-state index in [-0.39, 0.29) is 5.56 Å². The quantitative estimate of drug-likeness (QED) is 0.543. The second-order valence-electron chi connectivity index (χ2n) is 4.77. The van der Waals surface area contributed by atoms with Crippen LogP contribution < -0.4 is 5.32 Å². The van der Waals surface area contributed by atoms with Gasteiger partial charge in [-0.1, -0.05) is 31.1 Å². The fraction of sp³-hybridized carbons (Fsp3) is 0.375. The lowest BCUT2D eigenvalue weighted by Gasteiger charge is -2.14. The Balaban J connectivity index is 2.54. The Morgan fingerprint density at radius 3 is 2.62 bits per heavy atom. The summed E-state index contributed by atoms with van der Waals surface area (Å²) in [6.45, 7) is 3.62. The summed E-state index contributed by atoms with van der Waals surface area (Å²) in [6.07, 6.45) is 5.52. The van der Waals surface area contributed by atoms with Crippen LogP contribution in [0.1, 0.15) is 42.5 Å². The molecule has 2 N–H and O–H groups in total. The molecule has 1 aromatic rings. The van der Waals surface area contributed by atoms with Gasteiger partial charge < -0.3 is 10.4 Å². The van der Waals surface area contributed by atoms with Crippen molar-refractivity contribution in [1.82, 2.24) is 5.32 Å². The Labute approximate surface area is 123 Å². The number of aliphatic carboxylic acids is 1. The van der Waals surface area contributed by atoms with Gasteiger partial charge in [-0.2, -0.15) is 0 Å². The number of amides is 1. The first-order valence-electron chi connectivity index (χ1n) is 6.95. The van der Waals surface area contributed by atoms with Gasteiger partial charge in [0.15, 0.2) is 0 Å². The van der Waals surface area contributed by atoms with Crippen molar-refractivity contribution in [3.8, 4) is 0 Å². The molecule has 0 saturated carbocycles.